The average Bonchev–Trinajstić information content (AvgIpc) is 3.09. The lowest BCUT2D eigenvalue weighted by atomic mass is 10.2. The summed E-state index contributed by atoms with van der Waals surface area (Å²) in [6.07, 6.45) is 1.99. The first-order chi connectivity index (χ1) is 8.43. The van der Waals surface area contributed by atoms with Gasteiger partial charge in [0, 0.05) is 18.3 Å². The molecule has 18 heavy (non-hydrogen) atoms. The van der Waals surface area contributed by atoms with Crippen LogP contribution in [0.1, 0.15) is 12.8 Å². The monoisotopic (exact) mass is 271 g/mol. The van der Waals surface area contributed by atoms with Crippen molar-refractivity contribution in [2.75, 3.05) is 23.8 Å². The molecule has 0 aromatic heterocycles. The van der Waals surface area contributed by atoms with Crippen molar-refractivity contribution >= 4 is 21.4 Å². The van der Waals surface area contributed by atoms with Gasteiger partial charge in [0.25, 0.3) is 0 Å². The third-order valence-electron chi connectivity index (χ3n) is 2.93. The Balaban J connectivity index is 2.48. The highest BCUT2D eigenvalue weighted by Crippen LogP contribution is 2.35. The maximum atomic E-state index is 11.6. The summed E-state index contributed by atoms with van der Waals surface area (Å²) in [6.45, 7) is 0.349. The summed E-state index contributed by atoms with van der Waals surface area (Å²) in [6, 6.07) is 4.92. The molecule has 0 saturated heterocycles. The first-order valence-corrected chi connectivity index (χ1v) is 7.28. The lowest BCUT2D eigenvalue weighted by Crippen LogP contribution is -2.31. The molecule has 0 aliphatic heterocycles. The SMILES string of the molecule is Nc1ccc(N(CCO)C2CC2)c(S(N)(=O)=O)c1. The number of sulfonamides is 1. The third-order valence-corrected chi connectivity index (χ3v) is 3.87. The summed E-state index contributed by atoms with van der Waals surface area (Å²) < 4.78 is 23.2. The van der Waals surface area contributed by atoms with Crippen molar-refractivity contribution in [3.63, 3.8) is 0 Å². The molecular weight excluding hydrogens is 254 g/mol. The van der Waals surface area contributed by atoms with E-state index in [-0.39, 0.29) is 17.5 Å². The van der Waals surface area contributed by atoms with Crippen LogP contribution in [0.25, 0.3) is 0 Å². The Kier molecular flexibility index (Phi) is 3.47. The zero-order chi connectivity index (χ0) is 13.3. The molecule has 6 nitrogen and oxygen atoms in total. The molecular formula is C11H17N3O3S. The lowest BCUT2D eigenvalue weighted by Gasteiger charge is -2.25. The molecule has 100 valence electrons. The van der Waals surface area contributed by atoms with Crippen molar-refractivity contribution in [1.82, 2.24) is 0 Å². The lowest BCUT2D eigenvalue weighted by molar-refractivity contribution is 0.301. The van der Waals surface area contributed by atoms with E-state index in [2.05, 4.69) is 0 Å². The van der Waals surface area contributed by atoms with Gasteiger partial charge in [0.1, 0.15) is 4.90 Å². The fourth-order valence-electron chi connectivity index (χ4n) is 1.99. The maximum absolute atomic E-state index is 11.6. The van der Waals surface area contributed by atoms with Crippen molar-refractivity contribution in [1.29, 1.82) is 0 Å². The van der Waals surface area contributed by atoms with E-state index in [1.807, 2.05) is 4.90 Å². The fraction of sp³-hybridized carbons (Fsp3) is 0.455. The summed E-state index contributed by atoms with van der Waals surface area (Å²) >= 11 is 0. The molecule has 1 fully saturated rings. The Labute approximate surface area is 106 Å². The molecule has 1 aromatic rings. The Morgan fingerprint density at radius 1 is 1.39 bits per heavy atom. The number of anilines is 2. The number of aliphatic hydroxyl groups excluding tert-OH is 1. The van der Waals surface area contributed by atoms with Crippen LogP contribution in [-0.4, -0.2) is 32.7 Å². The minimum Gasteiger partial charge on any atom is -0.399 e. The third kappa shape index (κ3) is 2.74. The predicted molar refractivity (Wildman–Crippen MR) is 69.7 cm³/mol. The van der Waals surface area contributed by atoms with E-state index in [0.29, 0.717) is 17.9 Å². The minimum atomic E-state index is -3.83. The van der Waals surface area contributed by atoms with Crippen LogP contribution in [0.15, 0.2) is 23.1 Å². The molecule has 7 heteroatoms. The average molecular weight is 271 g/mol. The summed E-state index contributed by atoms with van der Waals surface area (Å²) in [5, 5.41) is 14.3. The number of primary sulfonamides is 1. The summed E-state index contributed by atoms with van der Waals surface area (Å²) in [7, 11) is -3.83. The Bertz CT molecular complexity index is 540. The second-order valence-electron chi connectivity index (χ2n) is 4.42. The largest absolute Gasteiger partial charge is 0.399 e. The van der Waals surface area contributed by atoms with Crippen LogP contribution in [0.3, 0.4) is 0 Å². The van der Waals surface area contributed by atoms with Gasteiger partial charge >= 0.3 is 0 Å². The van der Waals surface area contributed by atoms with Gasteiger partial charge in [0.15, 0.2) is 0 Å². The summed E-state index contributed by atoms with van der Waals surface area (Å²) in [5.41, 5.74) is 6.47. The van der Waals surface area contributed by atoms with Gasteiger partial charge in [-0.05, 0) is 31.0 Å². The quantitative estimate of drug-likeness (QED) is 0.647. The topological polar surface area (TPSA) is 110 Å². The van der Waals surface area contributed by atoms with Crippen molar-refractivity contribution in [3.8, 4) is 0 Å². The molecule has 2 rings (SSSR count). The van der Waals surface area contributed by atoms with Crippen molar-refractivity contribution in [3.05, 3.63) is 18.2 Å². The number of nitrogens with two attached hydrogens (primary N) is 2. The van der Waals surface area contributed by atoms with Crippen LogP contribution in [-0.2, 0) is 10.0 Å². The zero-order valence-corrected chi connectivity index (χ0v) is 10.7. The molecule has 0 radical (unpaired) electrons. The second-order valence-corrected chi connectivity index (χ2v) is 5.95. The van der Waals surface area contributed by atoms with E-state index < -0.39 is 10.0 Å². The predicted octanol–water partition coefficient (Wildman–Crippen LogP) is -0.123. The number of rotatable bonds is 5. The minimum absolute atomic E-state index is 0.0165. The summed E-state index contributed by atoms with van der Waals surface area (Å²) in [4.78, 5) is 1.89. The first-order valence-electron chi connectivity index (χ1n) is 5.73. The van der Waals surface area contributed by atoms with Gasteiger partial charge in [-0.1, -0.05) is 0 Å². The van der Waals surface area contributed by atoms with Gasteiger partial charge in [0.2, 0.25) is 10.0 Å². The number of hydrogen-bond donors (Lipinski definition) is 3. The number of nitrogen functional groups attached to an aromatic ring is 1. The van der Waals surface area contributed by atoms with Crippen molar-refractivity contribution < 1.29 is 13.5 Å². The van der Waals surface area contributed by atoms with Crippen LogP contribution in [0, 0.1) is 0 Å². The number of benzene rings is 1. The zero-order valence-electron chi connectivity index (χ0n) is 9.91. The molecule has 0 unspecified atom stereocenters. The van der Waals surface area contributed by atoms with E-state index in [1.54, 1.807) is 12.1 Å². The molecule has 0 atom stereocenters. The molecule has 5 N–H and O–H groups in total. The normalized spacial score (nSPS) is 15.7. The molecule has 1 aromatic carbocycles. The Hall–Kier alpha value is -1.31. The molecule has 0 bridgehead atoms. The van der Waals surface area contributed by atoms with Crippen LogP contribution >= 0.6 is 0 Å². The highest BCUT2D eigenvalue weighted by molar-refractivity contribution is 7.89. The van der Waals surface area contributed by atoms with Crippen LogP contribution in [0.5, 0.6) is 0 Å². The molecule has 0 amide bonds. The first kappa shape index (κ1) is 13.1. The maximum Gasteiger partial charge on any atom is 0.240 e. The van der Waals surface area contributed by atoms with Gasteiger partial charge in [-0.2, -0.15) is 0 Å². The van der Waals surface area contributed by atoms with Crippen LogP contribution < -0.4 is 15.8 Å². The second kappa shape index (κ2) is 4.75. The molecule has 1 aliphatic rings. The fourth-order valence-corrected chi connectivity index (χ4v) is 2.77. The van der Waals surface area contributed by atoms with Gasteiger partial charge in [-0.15, -0.1) is 0 Å². The summed E-state index contributed by atoms with van der Waals surface area (Å²) in [5.74, 6) is 0. The Morgan fingerprint density at radius 3 is 2.56 bits per heavy atom. The number of hydrogen-bond acceptors (Lipinski definition) is 5. The highest BCUT2D eigenvalue weighted by atomic mass is 32.2. The number of nitrogens with zero attached hydrogens (tertiary/aromatic N) is 1. The smallest absolute Gasteiger partial charge is 0.240 e. The van der Waals surface area contributed by atoms with E-state index in [4.69, 9.17) is 16.0 Å². The molecule has 0 spiro atoms. The standard InChI is InChI=1S/C11H17N3O3S/c12-8-1-4-10(11(7-8)18(13,16)17)14(5-6-15)9-2-3-9/h1,4,7,9,15H,2-3,5-6,12H2,(H2,13,16,17). The van der Waals surface area contributed by atoms with Gasteiger partial charge in [0.05, 0.1) is 12.3 Å². The highest BCUT2D eigenvalue weighted by Gasteiger charge is 2.31. The van der Waals surface area contributed by atoms with Crippen molar-refractivity contribution in [2.45, 2.75) is 23.8 Å². The van der Waals surface area contributed by atoms with Crippen molar-refractivity contribution in [2.24, 2.45) is 5.14 Å². The molecule has 0 heterocycles. The molecule has 1 aliphatic carbocycles. The molecule has 1 saturated carbocycles. The van der Waals surface area contributed by atoms with Gasteiger partial charge < -0.3 is 15.7 Å². The van der Waals surface area contributed by atoms with E-state index in [1.165, 1.54) is 6.07 Å². The van der Waals surface area contributed by atoms with Gasteiger partial charge in [-0.3, -0.25) is 0 Å². The van der Waals surface area contributed by atoms with Crippen LogP contribution in [0.2, 0.25) is 0 Å². The van der Waals surface area contributed by atoms with E-state index >= 15 is 0 Å². The van der Waals surface area contributed by atoms with E-state index in [0.717, 1.165) is 12.8 Å². The van der Waals surface area contributed by atoms with E-state index in [9.17, 15) is 8.42 Å². The van der Waals surface area contributed by atoms with Gasteiger partial charge in [-0.25, -0.2) is 13.6 Å². The Morgan fingerprint density at radius 2 is 2.06 bits per heavy atom. The van der Waals surface area contributed by atoms with Crippen LogP contribution in [0.4, 0.5) is 11.4 Å². The number of aliphatic hydroxyl groups is 1.